The zero-order valence-electron chi connectivity index (χ0n) is 11.9. The number of sulfone groups is 1. The molecule has 1 rings (SSSR count). The van der Waals surface area contributed by atoms with Crippen LogP contribution in [0.25, 0.3) is 0 Å². The quantitative estimate of drug-likeness (QED) is 0.830. The topological polar surface area (TPSA) is 92.3 Å². The van der Waals surface area contributed by atoms with Gasteiger partial charge in [-0.05, 0) is 24.6 Å². The van der Waals surface area contributed by atoms with Crippen LogP contribution >= 0.6 is 0 Å². The molecule has 0 saturated heterocycles. The van der Waals surface area contributed by atoms with E-state index in [2.05, 4.69) is 10.6 Å². The third-order valence-electron chi connectivity index (χ3n) is 2.97. The highest BCUT2D eigenvalue weighted by atomic mass is 32.2. The predicted octanol–water partition coefficient (Wildman–Crippen LogP) is 0.187. The second kappa shape index (κ2) is 5.62. The van der Waals surface area contributed by atoms with Crippen LogP contribution in [0.15, 0.2) is 29.2 Å². The van der Waals surface area contributed by atoms with E-state index in [1.165, 1.54) is 38.2 Å². The summed E-state index contributed by atoms with van der Waals surface area (Å²) in [6.07, 6.45) is 1.10. The Kier molecular flexibility index (Phi) is 4.54. The van der Waals surface area contributed by atoms with Gasteiger partial charge < -0.3 is 10.6 Å². The zero-order valence-corrected chi connectivity index (χ0v) is 12.7. The number of rotatable bonds is 4. The maximum Gasteiger partial charge on any atom is 0.249 e. The molecule has 0 heterocycles. The fraction of sp³-hybridized carbons (Fsp3) is 0.385. The normalized spacial score (nSPS) is 14.2. The molecule has 0 bridgehead atoms. The molecule has 7 heteroatoms. The maximum atomic E-state index is 12.0. The van der Waals surface area contributed by atoms with Gasteiger partial charge in [0.1, 0.15) is 5.54 Å². The first-order valence-electron chi connectivity index (χ1n) is 5.93. The molecule has 0 spiro atoms. The van der Waals surface area contributed by atoms with Gasteiger partial charge >= 0.3 is 0 Å². The Bertz CT molecular complexity index is 622. The van der Waals surface area contributed by atoms with Gasteiger partial charge in [-0.15, -0.1) is 0 Å². The standard InChI is InChI=1S/C13H18N2O4S/c1-9(16)15-13(2,12(17)14-3)10-5-7-11(8-6-10)20(4,18)19/h5-8H,1-4H3,(H,14,17)(H,15,16). The minimum atomic E-state index is -3.30. The molecule has 0 fully saturated rings. The fourth-order valence-electron chi connectivity index (χ4n) is 1.90. The SMILES string of the molecule is CNC(=O)C(C)(NC(C)=O)c1ccc(S(C)(=O)=O)cc1. The number of benzene rings is 1. The van der Waals surface area contributed by atoms with Crippen molar-refractivity contribution in [2.24, 2.45) is 0 Å². The molecule has 0 aliphatic carbocycles. The number of carbonyl (C=O) groups excluding carboxylic acids is 2. The van der Waals surface area contributed by atoms with E-state index in [-0.39, 0.29) is 16.7 Å². The highest BCUT2D eigenvalue weighted by molar-refractivity contribution is 7.90. The van der Waals surface area contributed by atoms with Crippen molar-refractivity contribution >= 4 is 21.7 Å². The van der Waals surface area contributed by atoms with Crippen LogP contribution in [0.1, 0.15) is 19.4 Å². The van der Waals surface area contributed by atoms with E-state index >= 15 is 0 Å². The van der Waals surface area contributed by atoms with Gasteiger partial charge in [-0.2, -0.15) is 0 Å². The molecule has 1 aromatic rings. The first-order chi connectivity index (χ1) is 9.11. The van der Waals surface area contributed by atoms with Crippen molar-refractivity contribution in [2.45, 2.75) is 24.3 Å². The molecule has 1 atom stereocenters. The van der Waals surface area contributed by atoms with Crippen molar-refractivity contribution in [3.63, 3.8) is 0 Å². The van der Waals surface area contributed by atoms with E-state index in [4.69, 9.17) is 0 Å². The Morgan fingerprint density at radius 3 is 2.00 bits per heavy atom. The van der Waals surface area contributed by atoms with Gasteiger partial charge in [0.15, 0.2) is 9.84 Å². The van der Waals surface area contributed by atoms with Crippen molar-refractivity contribution in [2.75, 3.05) is 13.3 Å². The molecule has 6 nitrogen and oxygen atoms in total. The van der Waals surface area contributed by atoms with E-state index in [1.807, 2.05) is 0 Å². The molecule has 0 aromatic heterocycles. The molecule has 0 saturated carbocycles. The molecule has 0 radical (unpaired) electrons. The van der Waals surface area contributed by atoms with Gasteiger partial charge in [0.25, 0.3) is 0 Å². The van der Waals surface area contributed by atoms with Crippen LogP contribution in [0.4, 0.5) is 0 Å². The van der Waals surface area contributed by atoms with Gasteiger partial charge in [0.2, 0.25) is 11.8 Å². The summed E-state index contributed by atoms with van der Waals surface area (Å²) in [5.41, 5.74) is -0.754. The second-order valence-corrected chi connectivity index (χ2v) is 6.70. The Labute approximate surface area is 118 Å². The van der Waals surface area contributed by atoms with Crippen molar-refractivity contribution in [1.82, 2.24) is 10.6 Å². The number of hydrogen-bond acceptors (Lipinski definition) is 4. The Balaban J connectivity index is 3.29. The zero-order chi connectivity index (χ0) is 15.6. The van der Waals surface area contributed by atoms with Crippen LogP contribution in [0.2, 0.25) is 0 Å². The summed E-state index contributed by atoms with van der Waals surface area (Å²) in [6, 6.07) is 5.85. The largest absolute Gasteiger partial charge is 0.357 e. The monoisotopic (exact) mass is 298 g/mol. The summed E-state index contributed by atoms with van der Waals surface area (Å²) in [5, 5.41) is 5.06. The van der Waals surface area contributed by atoms with Crippen LogP contribution in [0.5, 0.6) is 0 Å². The summed E-state index contributed by atoms with van der Waals surface area (Å²) in [7, 11) is -1.84. The third-order valence-corrected chi connectivity index (χ3v) is 4.10. The molecule has 0 aliphatic heterocycles. The van der Waals surface area contributed by atoms with Crippen molar-refractivity contribution in [3.8, 4) is 0 Å². The van der Waals surface area contributed by atoms with Crippen molar-refractivity contribution in [3.05, 3.63) is 29.8 Å². The number of nitrogens with one attached hydrogen (secondary N) is 2. The molecular weight excluding hydrogens is 280 g/mol. The van der Waals surface area contributed by atoms with E-state index in [0.717, 1.165) is 6.26 Å². The Hall–Kier alpha value is -1.89. The number of hydrogen-bond donors (Lipinski definition) is 2. The van der Waals surface area contributed by atoms with Gasteiger partial charge in [0.05, 0.1) is 4.90 Å². The van der Waals surface area contributed by atoms with E-state index < -0.39 is 15.4 Å². The molecule has 110 valence electrons. The molecule has 2 amide bonds. The third kappa shape index (κ3) is 3.36. The minimum Gasteiger partial charge on any atom is -0.357 e. The molecule has 2 N–H and O–H groups in total. The lowest BCUT2D eigenvalue weighted by molar-refractivity contribution is -0.132. The van der Waals surface area contributed by atoms with Gasteiger partial charge in [-0.3, -0.25) is 9.59 Å². The number of carbonyl (C=O) groups is 2. The van der Waals surface area contributed by atoms with Crippen LogP contribution in [0, 0.1) is 0 Å². The fourth-order valence-corrected chi connectivity index (χ4v) is 2.53. The summed E-state index contributed by atoms with van der Waals surface area (Å²) < 4.78 is 22.8. The first kappa shape index (κ1) is 16.2. The van der Waals surface area contributed by atoms with Crippen LogP contribution < -0.4 is 10.6 Å². The lowest BCUT2D eigenvalue weighted by Gasteiger charge is -2.29. The lowest BCUT2D eigenvalue weighted by Crippen LogP contribution is -2.53. The first-order valence-corrected chi connectivity index (χ1v) is 7.82. The highest BCUT2D eigenvalue weighted by Crippen LogP contribution is 2.23. The number of amides is 2. The van der Waals surface area contributed by atoms with Gasteiger partial charge in [-0.1, -0.05) is 12.1 Å². The molecule has 0 aliphatic rings. The molecular formula is C13H18N2O4S. The average Bonchev–Trinajstić information content (AvgIpc) is 2.36. The predicted molar refractivity (Wildman–Crippen MR) is 74.8 cm³/mol. The highest BCUT2D eigenvalue weighted by Gasteiger charge is 2.35. The van der Waals surface area contributed by atoms with E-state index in [0.29, 0.717) is 5.56 Å². The summed E-state index contributed by atoms with van der Waals surface area (Å²) in [5.74, 6) is -0.747. The minimum absolute atomic E-state index is 0.156. The summed E-state index contributed by atoms with van der Waals surface area (Å²) in [6.45, 7) is 2.87. The summed E-state index contributed by atoms with van der Waals surface area (Å²) in [4.78, 5) is 23.5. The van der Waals surface area contributed by atoms with Gasteiger partial charge in [0, 0.05) is 20.2 Å². The van der Waals surface area contributed by atoms with Crippen LogP contribution in [-0.2, 0) is 25.0 Å². The molecule has 1 aromatic carbocycles. The number of likely N-dealkylation sites (N-methyl/N-ethyl adjacent to an activating group) is 1. The smallest absolute Gasteiger partial charge is 0.249 e. The second-order valence-electron chi connectivity index (χ2n) is 4.68. The Morgan fingerprint density at radius 2 is 1.65 bits per heavy atom. The van der Waals surface area contributed by atoms with Crippen molar-refractivity contribution < 1.29 is 18.0 Å². The lowest BCUT2D eigenvalue weighted by atomic mass is 9.91. The van der Waals surface area contributed by atoms with Crippen LogP contribution in [-0.4, -0.2) is 33.5 Å². The Morgan fingerprint density at radius 1 is 1.15 bits per heavy atom. The maximum absolute atomic E-state index is 12.0. The summed E-state index contributed by atoms with van der Waals surface area (Å²) >= 11 is 0. The van der Waals surface area contributed by atoms with Crippen molar-refractivity contribution in [1.29, 1.82) is 0 Å². The van der Waals surface area contributed by atoms with E-state index in [1.54, 1.807) is 6.92 Å². The van der Waals surface area contributed by atoms with Gasteiger partial charge in [-0.25, -0.2) is 8.42 Å². The molecule has 1 unspecified atom stereocenters. The van der Waals surface area contributed by atoms with E-state index in [9.17, 15) is 18.0 Å². The molecule has 20 heavy (non-hydrogen) atoms. The van der Waals surface area contributed by atoms with Crippen LogP contribution in [0.3, 0.4) is 0 Å². The average molecular weight is 298 g/mol.